The summed E-state index contributed by atoms with van der Waals surface area (Å²) in [5, 5.41) is 3.28. The van der Waals surface area contributed by atoms with Crippen LogP contribution in [0.4, 0.5) is 14.0 Å². The summed E-state index contributed by atoms with van der Waals surface area (Å²) in [7, 11) is 0. The zero-order valence-electron chi connectivity index (χ0n) is 13.1. The fourth-order valence-electron chi connectivity index (χ4n) is 1.81. The second-order valence-electron chi connectivity index (χ2n) is 5.83. The summed E-state index contributed by atoms with van der Waals surface area (Å²) < 4.78 is 25.4. The number of rotatable bonds is 7. The summed E-state index contributed by atoms with van der Waals surface area (Å²) in [6.45, 7) is 8.33. The first-order valence-electron chi connectivity index (χ1n) is 7.14. The highest BCUT2D eigenvalue weighted by molar-refractivity contribution is 7.99. The van der Waals surface area contributed by atoms with Crippen LogP contribution >= 0.6 is 23.9 Å². The number of hydrogen-bond acceptors (Lipinski definition) is 3. The number of nitrogens with one attached hydrogen (secondary N) is 1. The van der Waals surface area contributed by atoms with Crippen LogP contribution < -0.4 is 5.32 Å². The summed E-state index contributed by atoms with van der Waals surface area (Å²) in [6.07, 6.45) is 0. The van der Waals surface area contributed by atoms with Crippen LogP contribution in [0.2, 0.25) is 0 Å². The van der Waals surface area contributed by atoms with Crippen LogP contribution in [0.25, 0.3) is 0 Å². The number of thioether (sulfide) groups is 1. The van der Waals surface area contributed by atoms with E-state index in [9.17, 15) is 8.28 Å². The first kappa shape index (κ1) is 17.9. The van der Waals surface area contributed by atoms with Crippen molar-refractivity contribution in [3.8, 4) is 0 Å². The molecule has 0 spiro atoms. The zero-order valence-corrected chi connectivity index (χ0v) is 14.7. The Morgan fingerprint density at radius 1 is 1.04 bits per heavy atom. The molecule has 0 unspecified atom stereocenters. The van der Waals surface area contributed by atoms with Gasteiger partial charge in [-0.05, 0) is 48.5 Å². The van der Waals surface area contributed by atoms with Gasteiger partial charge < -0.3 is 5.32 Å². The molecule has 2 aromatic rings. The highest BCUT2D eigenvalue weighted by Crippen LogP contribution is 2.33. The van der Waals surface area contributed by atoms with Crippen LogP contribution in [0.1, 0.15) is 13.8 Å². The maximum absolute atomic E-state index is 12.9. The third kappa shape index (κ3) is 5.29. The van der Waals surface area contributed by atoms with Gasteiger partial charge in [0.15, 0.2) is 0 Å². The van der Waals surface area contributed by atoms with E-state index >= 15 is 0 Å². The Balaban J connectivity index is 1.94. The molecule has 0 aliphatic carbocycles. The monoisotopic (exact) mass is 351 g/mol. The highest BCUT2D eigenvalue weighted by Gasteiger charge is 2.22. The van der Waals surface area contributed by atoms with Crippen molar-refractivity contribution in [1.82, 2.24) is 0 Å². The van der Waals surface area contributed by atoms with Gasteiger partial charge in [0.05, 0.1) is 12.1 Å². The van der Waals surface area contributed by atoms with Crippen molar-refractivity contribution in [1.29, 1.82) is 0 Å². The first-order chi connectivity index (χ1) is 10.9. The second-order valence-corrected chi connectivity index (χ2v) is 7.51. The van der Waals surface area contributed by atoms with Gasteiger partial charge in [0.25, 0.3) is 0 Å². The Morgan fingerprint density at radius 3 is 2.17 bits per heavy atom. The number of halogens is 2. The number of benzene rings is 2. The Labute approximate surface area is 144 Å². The molecule has 1 nitrogen and oxygen atoms in total. The van der Waals surface area contributed by atoms with Gasteiger partial charge in [-0.15, -0.1) is 11.8 Å². The molecular weight excluding hydrogens is 332 g/mol. The lowest BCUT2D eigenvalue weighted by Gasteiger charge is -2.28. The fraction of sp³-hybridized carbons (Fsp3) is 0.222. The van der Waals surface area contributed by atoms with Crippen LogP contribution in [0.5, 0.6) is 0 Å². The largest absolute Gasteiger partial charge is 0.359 e. The zero-order chi connectivity index (χ0) is 16.9. The maximum Gasteiger partial charge on any atom is 0.123 e. The summed E-state index contributed by atoms with van der Waals surface area (Å²) in [5.74, 6) is 0.581. The fourth-order valence-corrected chi connectivity index (χ4v) is 3.08. The van der Waals surface area contributed by atoms with E-state index in [1.165, 1.54) is 12.1 Å². The standard InChI is InChI=1S/C18H19F2NS2/c1-13(21-15-6-10-17(23-20)11-7-15)18(2,3)12-22-16-8-4-14(19)5-9-16/h4-11,21H,1,12H2,2-3H3. The summed E-state index contributed by atoms with van der Waals surface area (Å²) in [6, 6.07) is 13.6. The predicted molar refractivity (Wildman–Crippen MR) is 97.1 cm³/mol. The molecule has 0 aromatic heterocycles. The number of hydrogen-bond donors (Lipinski definition) is 1. The van der Waals surface area contributed by atoms with E-state index in [4.69, 9.17) is 0 Å². The molecule has 0 aliphatic rings. The van der Waals surface area contributed by atoms with Crippen molar-refractivity contribution in [2.45, 2.75) is 23.6 Å². The molecule has 2 rings (SSSR count). The molecule has 0 atom stereocenters. The minimum Gasteiger partial charge on any atom is -0.359 e. The predicted octanol–water partition coefficient (Wildman–Crippen LogP) is 6.55. The normalized spacial score (nSPS) is 11.3. The quantitative estimate of drug-likeness (QED) is 0.568. The minimum atomic E-state index is -0.227. The molecule has 5 heteroatoms. The van der Waals surface area contributed by atoms with Crippen LogP contribution in [-0.2, 0) is 0 Å². The lowest BCUT2D eigenvalue weighted by Crippen LogP contribution is -2.22. The van der Waals surface area contributed by atoms with Crippen LogP contribution in [0, 0.1) is 11.2 Å². The van der Waals surface area contributed by atoms with E-state index in [0.717, 1.165) is 22.0 Å². The van der Waals surface area contributed by atoms with Crippen molar-refractivity contribution in [2.24, 2.45) is 5.41 Å². The number of anilines is 1. The third-order valence-electron chi connectivity index (χ3n) is 3.47. The van der Waals surface area contributed by atoms with Crippen molar-refractivity contribution in [3.63, 3.8) is 0 Å². The second kappa shape index (κ2) is 7.88. The third-order valence-corrected chi connectivity index (χ3v) is 5.39. The molecule has 0 bridgehead atoms. The van der Waals surface area contributed by atoms with Gasteiger partial charge in [0, 0.05) is 32.3 Å². The average Bonchev–Trinajstić information content (AvgIpc) is 2.55. The van der Waals surface area contributed by atoms with Crippen LogP contribution in [0.3, 0.4) is 0 Å². The Hall–Kier alpha value is -1.46. The maximum atomic E-state index is 12.9. The number of allylic oxidation sites excluding steroid dienone is 1. The smallest absolute Gasteiger partial charge is 0.123 e. The lowest BCUT2D eigenvalue weighted by atomic mass is 9.92. The van der Waals surface area contributed by atoms with Crippen molar-refractivity contribution >= 4 is 29.6 Å². The lowest BCUT2D eigenvalue weighted by molar-refractivity contribution is 0.521. The molecular formula is C18H19F2NS2. The molecule has 0 heterocycles. The van der Waals surface area contributed by atoms with Crippen molar-refractivity contribution < 1.29 is 8.28 Å². The molecule has 0 saturated carbocycles. The van der Waals surface area contributed by atoms with Crippen molar-refractivity contribution in [3.05, 3.63) is 66.6 Å². The van der Waals surface area contributed by atoms with E-state index in [0.29, 0.717) is 4.90 Å². The van der Waals surface area contributed by atoms with E-state index in [-0.39, 0.29) is 23.4 Å². The molecule has 0 saturated heterocycles. The molecule has 0 radical (unpaired) electrons. The van der Waals surface area contributed by atoms with E-state index in [1.54, 1.807) is 36.0 Å². The molecule has 2 aromatic carbocycles. The van der Waals surface area contributed by atoms with E-state index < -0.39 is 0 Å². The molecule has 0 aliphatic heterocycles. The summed E-state index contributed by atoms with van der Waals surface area (Å²) in [5.41, 5.74) is 1.60. The summed E-state index contributed by atoms with van der Waals surface area (Å²) in [4.78, 5) is 1.60. The Kier molecular flexibility index (Phi) is 6.13. The Morgan fingerprint density at radius 2 is 1.61 bits per heavy atom. The van der Waals surface area contributed by atoms with Gasteiger partial charge in [-0.2, -0.15) is 3.89 Å². The minimum absolute atomic E-state index is 0.160. The molecule has 23 heavy (non-hydrogen) atoms. The molecule has 0 amide bonds. The van der Waals surface area contributed by atoms with Gasteiger partial charge in [0.1, 0.15) is 5.82 Å². The summed E-state index contributed by atoms with van der Waals surface area (Å²) >= 11 is 1.89. The van der Waals surface area contributed by atoms with E-state index in [1.807, 2.05) is 12.1 Å². The molecule has 1 N–H and O–H groups in total. The molecule has 122 valence electrons. The van der Waals surface area contributed by atoms with Gasteiger partial charge in [-0.3, -0.25) is 0 Å². The van der Waals surface area contributed by atoms with Gasteiger partial charge in [-0.1, -0.05) is 20.4 Å². The van der Waals surface area contributed by atoms with Crippen LogP contribution in [-0.4, -0.2) is 5.75 Å². The van der Waals surface area contributed by atoms with E-state index in [2.05, 4.69) is 25.7 Å². The van der Waals surface area contributed by atoms with Crippen LogP contribution in [0.15, 0.2) is 70.6 Å². The molecule has 0 fully saturated rings. The topological polar surface area (TPSA) is 12.0 Å². The first-order valence-corrected chi connectivity index (χ1v) is 8.84. The Bertz CT molecular complexity index is 652. The van der Waals surface area contributed by atoms with Gasteiger partial charge in [0.2, 0.25) is 0 Å². The van der Waals surface area contributed by atoms with Gasteiger partial charge >= 0.3 is 0 Å². The average molecular weight is 351 g/mol. The van der Waals surface area contributed by atoms with Gasteiger partial charge in [-0.25, -0.2) is 4.39 Å². The SMILES string of the molecule is C=C(Nc1ccc(SF)cc1)C(C)(C)CSc1ccc(F)cc1. The van der Waals surface area contributed by atoms with Crippen molar-refractivity contribution in [2.75, 3.05) is 11.1 Å². The highest BCUT2D eigenvalue weighted by atomic mass is 32.2.